The smallest absolute Gasteiger partial charge is 0.251 e. The highest BCUT2D eigenvalue weighted by molar-refractivity contribution is 5.97. The molecule has 2 rings (SSSR count). The molecular formula is C21H23N3O3. The fourth-order valence-electron chi connectivity index (χ4n) is 2.49. The minimum Gasteiger partial charge on any atom is -0.457 e. The van der Waals surface area contributed by atoms with Crippen LogP contribution >= 0.6 is 0 Å². The third kappa shape index (κ3) is 6.48. The molecule has 2 aromatic rings. The Morgan fingerprint density at radius 1 is 1.04 bits per heavy atom. The molecular weight excluding hydrogens is 342 g/mol. The van der Waals surface area contributed by atoms with Crippen LogP contribution in [-0.2, 0) is 4.79 Å². The Morgan fingerprint density at radius 3 is 2.26 bits per heavy atom. The Labute approximate surface area is 159 Å². The molecule has 0 spiro atoms. The number of rotatable bonds is 8. The maximum Gasteiger partial charge on any atom is 0.251 e. The predicted molar refractivity (Wildman–Crippen MR) is 102 cm³/mol. The van der Waals surface area contributed by atoms with E-state index >= 15 is 0 Å². The van der Waals surface area contributed by atoms with Crippen molar-refractivity contribution in [2.75, 3.05) is 6.54 Å². The van der Waals surface area contributed by atoms with Crippen LogP contribution in [0.25, 0.3) is 0 Å². The number of hydrogen-bond donors (Lipinski definition) is 2. The van der Waals surface area contributed by atoms with E-state index in [0.717, 1.165) is 0 Å². The average molecular weight is 365 g/mol. The van der Waals surface area contributed by atoms with Crippen LogP contribution in [0.1, 0.15) is 30.6 Å². The topological polar surface area (TPSA) is 91.2 Å². The van der Waals surface area contributed by atoms with Crippen LogP contribution in [0, 0.1) is 17.2 Å². The second-order valence-corrected chi connectivity index (χ2v) is 6.47. The fraction of sp³-hybridized carbons (Fsp3) is 0.286. The number of amides is 2. The van der Waals surface area contributed by atoms with Crippen molar-refractivity contribution in [1.29, 1.82) is 5.26 Å². The Balaban J connectivity index is 2.02. The summed E-state index contributed by atoms with van der Waals surface area (Å²) in [5.41, 5.74) is 0.428. The minimum absolute atomic E-state index is 0.0885. The summed E-state index contributed by atoms with van der Waals surface area (Å²) < 4.78 is 5.70. The SMILES string of the molecule is CC(C)C[C@H](NC(=O)c1ccc(Oc2ccccc2)cc1)C(=O)NCC#N. The van der Waals surface area contributed by atoms with Gasteiger partial charge in [0.05, 0.1) is 6.07 Å². The number of para-hydroxylation sites is 1. The highest BCUT2D eigenvalue weighted by atomic mass is 16.5. The molecule has 2 aromatic carbocycles. The molecule has 6 heteroatoms. The zero-order valence-corrected chi connectivity index (χ0v) is 15.4. The van der Waals surface area contributed by atoms with E-state index in [9.17, 15) is 9.59 Å². The van der Waals surface area contributed by atoms with Crippen LogP contribution in [0.15, 0.2) is 54.6 Å². The molecule has 0 unspecified atom stereocenters. The Kier molecular flexibility index (Phi) is 7.38. The first-order valence-corrected chi connectivity index (χ1v) is 8.78. The van der Waals surface area contributed by atoms with E-state index in [0.29, 0.717) is 23.5 Å². The molecule has 27 heavy (non-hydrogen) atoms. The summed E-state index contributed by atoms with van der Waals surface area (Å²) in [5, 5.41) is 13.8. The molecule has 0 aliphatic heterocycles. The van der Waals surface area contributed by atoms with Crippen molar-refractivity contribution < 1.29 is 14.3 Å². The quantitative estimate of drug-likeness (QED) is 0.703. The second-order valence-electron chi connectivity index (χ2n) is 6.47. The van der Waals surface area contributed by atoms with Gasteiger partial charge in [0.15, 0.2) is 0 Å². The van der Waals surface area contributed by atoms with Crippen LogP contribution in [-0.4, -0.2) is 24.4 Å². The van der Waals surface area contributed by atoms with Crippen LogP contribution in [0.4, 0.5) is 0 Å². The molecule has 2 N–H and O–H groups in total. The standard InChI is InChI=1S/C21H23N3O3/c1-15(2)14-19(21(26)23-13-12-22)24-20(25)16-8-10-18(11-9-16)27-17-6-4-3-5-7-17/h3-11,15,19H,13-14H2,1-2H3,(H,23,26)(H,24,25)/t19-/m0/s1. The Bertz CT molecular complexity index is 796. The molecule has 0 saturated heterocycles. The first-order valence-electron chi connectivity index (χ1n) is 8.78. The molecule has 1 atom stereocenters. The molecule has 0 aliphatic carbocycles. The largest absolute Gasteiger partial charge is 0.457 e. The lowest BCUT2D eigenvalue weighted by atomic mass is 10.0. The molecule has 0 heterocycles. The normalized spacial score (nSPS) is 11.3. The summed E-state index contributed by atoms with van der Waals surface area (Å²) in [5.74, 6) is 0.829. The van der Waals surface area contributed by atoms with Gasteiger partial charge in [-0.1, -0.05) is 32.0 Å². The van der Waals surface area contributed by atoms with E-state index in [1.165, 1.54) is 0 Å². The summed E-state index contributed by atoms with van der Waals surface area (Å²) in [7, 11) is 0. The van der Waals surface area contributed by atoms with Gasteiger partial charge in [0.2, 0.25) is 5.91 Å². The van der Waals surface area contributed by atoms with Gasteiger partial charge in [0.25, 0.3) is 5.91 Å². The van der Waals surface area contributed by atoms with Crippen molar-refractivity contribution in [3.63, 3.8) is 0 Å². The molecule has 0 radical (unpaired) electrons. The summed E-state index contributed by atoms with van der Waals surface area (Å²) in [6.07, 6.45) is 0.484. The molecule has 0 saturated carbocycles. The second kappa shape index (κ2) is 9.97. The number of ether oxygens (including phenoxy) is 1. The molecule has 0 bridgehead atoms. The maximum atomic E-state index is 12.5. The number of nitriles is 1. The predicted octanol–water partition coefficient (Wildman–Crippen LogP) is 3.26. The van der Waals surface area contributed by atoms with Gasteiger partial charge in [-0.3, -0.25) is 9.59 Å². The van der Waals surface area contributed by atoms with Gasteiger partial charge in [-0.15, -0.1) is 0 Å². The molecule has 6 nitrogen and oxygen atoms in total. The molecule has 2 amide bonds. The van der Waals surface area contributed by atoms with E-state index in [1.807, 2.05) is 50.2 Å². The third-order valence-corrected chi connectivity index (χ3v) is 3.77. The number of benzene rings is 2. The van der Waals surface area contributed by atoms with Crippen molar-refractivity contribution in [3.05, 3.63) is 60.2 Å². The first kappa shape index (κ1) is 20.0. The lowest BCUT2D eigenvalue weighted by Crippen LogP contribution is -2.47. The summed E-state index contributed by atoms with van der Waals surface area (Å²) in [4.78, 5) is 24.7. The molecule has 0 aliphatic rings. The third-order valence-electron chi connectivity index (χ3n) is 3.77. The Morgan fingerprint density at radius 2 is 1.67 bits per heavy atom. The minimum atomic E-state index is -0.689. The summed E-state index contributed by atoms with van der Waals surface area (Å²) in [6, 6.07) is 17.2. The van der Waals surface area contributed by atoms with E-state index in [2.05, 4.69) is 10.6 Å². The van der Waals surface area contributed by atoms with Crippen LogP contribution in [0.3, 0.4) is 0 Å². The van der Waals surface area contributed by atoms with Gasteiger partial charge < -0.3 is 15.4 Å². The van der Waals surface area contributed by atoms with E-state index < -0.39 is 6.04 Å². The van der Waals surface area contributed by atoms with Crippen LogP contribution in [0.5, 0.6) is 11.5 Å². The molecule has 140 valence electrons. The van der Waals surface area contributed by atoms with Gasteiger partial charge >= 0.3 is 0 Å². The number of nitrogens with one attached hydrogen (secondary N) is 2. The van der Waals surface area contributed by atoms with Crippen LogP contribution in [0.2, 0.25) is 0 Å². The van der Waals surface area contributed by atoms with Gasteiger partial charge in [0.1, 0.15) is 24.1 Å². The van der Waals surface area contributed by atoms with Crippen molar-refractivity contribution in [1.82, 2.24) is 10.6 Å². The van der Waals surface area contributed by atoms with Crippen molar-refractivity contribution in [3.8, 4) is 17.6 Å². The van der Waals surface area contributed by atoms with E-state index in [1.54, 1.807) is 24.3 Å². The van der Waals surface area contributed by atoms with Gasteiger partial charge in [-0.25, -0.2) is 0 Å². The summed E-state index contributed by atoms with van der Waals surface area (Å²) >= 11 is 0. The van der Waals surface area contributed by atoms with Gasteiger partial charge in [-0.05, 0) is 48.7 Å². The lowest BCUT2D eigenvalue weighted by Gasteiger charge is -2.19. The van der Waals surface area contributed by atoms with Crippen molar-refractivity contribution >= 4 is 11.8 Å². The van der Waals surface area contributed by atoms with Gasteiger partial charge in [0, 0.05) is 5.56 Å². The first-order chi connectivity index (χ1) is 13.0. The highest BCUT2D eigenvalue weighted by Crippen LogP contribution is 2.21. The van der Waals surface area contributed by atoms with Gasteiger partial charge in [-0.2, -0.15) is 5.26 Å². The van der Waals surface area contributed by atoms with E-state index in [4.69, 9.17) is 10.00 Å². The monoisotopic (exact) mass is 365 g/mol. The molecule has 0 fully saturated rings. The van der Waals surface area contributed by atoms with Crippen molar-refractivity contribution in [2.24, 2.45) is 5.92 Å². The zero-order chi connectivity index (χ0) is 19.6. The van der Waals surface area contributed by atoms with Crippen molar-refractivity contribution in [2.45, 2.75) is 26.3 Å². The Hall–Kier alpha value is -3.33. The fourth-order valence-corrected chi connectivity index (χ4v) is 2.49. The number of carbonyl (C=O) groups is 2. The van der Waals surface area contributed by atoms with E-state index in [-0.39, 0.29) is 24.3 Å². The highest BCUT2D eigenvalue weighted by Gasteiger charge is 2.22. The lowest BCUT2D eigenvalue weighted by molar-refractivity contribution is -0.123. The number of carbonyl (C=O) groups excluding carboxylic acids is 2. The number of nitrogens with zero attached hydrogens (tertiary/aromatic N) is 1. The average Bonchev–Trinajstić information content (AvgIpc) is 2.66. The molecule has 0 aromatic heterocycles. The number of hydrogen-bond acceptors (Lipinski definition) is 4. The summed E-state index contributed by atoms with van der Waals surface area (Å²) in [6.45, 7) is 3.84. The van der Waals surface area contributed by atoms with Crippen LogP contribution < -0.4 is 15.4 Å². The zero-order valence-electron chi connectivity index (χ0n) is 15.4. The maximum absolute atomic E-state index is 12.5.